The molecule has 0 aromatic heterocycles. The van der Waals surface area contributed by atoms with Gasteiger partial charge in [-0.15, -0.1) is 0 Å². The second-order valence-electron chi connectivity index (χ2n) is 17.2. The van der Waals surface area contributed by atoms with Crippen LogP contribution in [0.25, 0.3) is 0 Å². The Labute approximate surface area is 378 Å². The van der Waals surface area contributed by atoms with Gasteiger partial charge in [0.1, 0.15) is 24.4 Å². The summed E-state index contributed by atoms with van der Waals surface area (Å²) in [5.41, 5.74) is 0. The van der Waals surface area contributed by atoms with E-state index in [0.717, 1.165) is 70.6 Å². The van der Waals surface area contributed by atoms with Crippen molar-refractivity contribution in [2.45, 2.75) is 243 Å². The zero-order valence-electron chi connectivity index (χ0n) is 39.4. The first-order valence-corrected chi connectivity index (χ1v) is 25.2. The number of nitrogens with one attached hydrogen (secondary N) is 1. The number of hydrogen-bond donors (Lipinski definition) is 6. The van der Waals surface area contributed by atoms with Crippen LogP contribution in [0.15, 0.2) is 72.9 Å². The third-order valence-electron chi connectivity index (χ3n) is 11.5. The lowest BCUT2D eigenvalue weighted by molar-refractivity contribution is -0.302. The van der Waals surface area contributed by atoms with Crippen LogP contribution in [0.1, 0.15) is 200 Å². The molecular formula is C53H93NO8. The van der Waals surface area contributed by atoms with E-state index in [1.165, 1.54) is 109 Å². The van der Waals surface area contributed by atoms with Crippen molar-refractivity contribution < 1.29 is 39.8 Å². The highest BCUT2D eigenvalue weighted by Crippen LogP contribution is 2.23. The first-order valence-electron chi connectivity index (χ1n) is 25.2. The Kier molecular flexibility index (Phi) is 39.6. The SMILES string of the molecule is CC/C=C\C/C=C\C/C=C\C/C=C\C/C=C\CCCCCCCCCCCCCC(=O)NC(COC1OC(CO)C(O)C(O)C1O)C(O)/C=C/CCCCCCCCCCCC. The van der Waals surface area contributed by atoms with Crippen molar-refractivity contribution in [3.63, 3.8) is 0 Å². The molecule has 0 aliphatic carbocycles. The summed E-state index contributed by atoms with van der Waals surface area (Å²) in [7, 11) is 0. The molecule has 7 unspecified atom stereocenters. The number of ether oxygens (including phenoxy) is 2. The minimum absolute atomic E-state index is 0.184. The molecule has 1 fully saturated rings. The van der Waals surface area contributed by atoms with Crippen LogP contribution in [0, 0.1) is 0 Å². The number of carbonyl (C=O) groups is 1. The Hall–Kier alpha value is -2.37. The predicted molar refractivity (Wildman–Crippen MR) is 258 cm³/mol. The molecule has 1 rings (SSSR count). The van der Waals surface area contributed by atoms with Gasteiger partial charge in [0.25, 0.3) is 0 Å². The minimum Gasteiger partial charge on any atom is -0.394 e. The summed E-state index contributed by atoms with van der Waals surface area (Å²) in [6, 6.07) is -0.808. The van der Waals surface area contributed by atoms with Gasteiger partial charge < -0.3 is 40.3 Å². The van der Waals surface area contributed by atoms with Crippen LogP contribution in [0.5, 0.6) is 0 Å². The maximum Gasteiger partial charge on any atom is 0.220 e. The number of hydrogen-bond acceptors (Lipinski definition) is 8. The fourth-order valence-corrected chi connectivity index (χ4v) is 7.53. The number of amides is 1. The van der Waals surface area contributed by atoms with Gasteiger partial charge in [0, 0.05) is 6.42 Å². The third-order valence-corrected chi connectivity index (χ3v) is 11.5. The van der Waals surface area contributed by atoms with Crippen molar-refractivity contribution in [2.75, 3.05) is 13.2 Å². The number of allylic oxidation sites excluding steroid dienone is 11. The van der Waals surface area contributed by atoms with E-state index in [0.29, 0.717) is 6.42 Å². The Morgan fingerprint density at radius 1 is 0.565 bits per heavy atom. The van der Waals surface area contributed by atoms with Crippen LogP contribution < -0.4 is 5.32 Å². The van der Waals surface area contributed by atoms with Crippen molar-refractivity contribution in [1.29, 1.82) is 0 Å². The van der Waals surface area contributed by atoms with Gasteiger partial charge in [-0.05, 0) is 64.2 Å². The molecule has 0 aromatic rings. The molecule has 0 saturated carbocycles. The number of aliphatic hydroxyl groups excluding tert-OH is 5. The predicted octanol–water partition coefficient (Wildman–Crippen LogP) is 11.3. The molecule has 6 N–H and O–H groups in total. The van der Waals surface area contributed by atoms with Crippen LogP contribution in [0.3, 0.4) is 0 Å². The number of aliphatic hydroxyl groups is 5. The molecular weight excluding hydrogens is 779 g/mol. The zero-order valence-corrected chi connectivity index (χ0v) is 39.4. The summed E-state index contributed by atoms with van der Waals surface area (Å²) < 4.78 is 11.2. The minimum atomic E-state index is -1.57. The van der Waals surface area contributed by atoms with E-state index in [2.05, 4.69) is 79.9 Å². The quantitative estimate of drug-likeness (QED) is 0.0263. The van der Waals surface area contributed by atoms with Gasteiger partial charge in [0.05, 0.1) is 25.4 Å². The van der Waals surface area contributed by atoms with Crippen molar-refractivity contribution >= 4 is 5.91 Å². The van der Waals surface area contributed by atoms with Crippen molar-refractivity contribution in [2.24, 2.45) is 0 Å². The fraction of sp³-hybridized carbons (Fsp3) is 0.755. The summed E-state index contributed by atoms with van der Waals surface area (Å²) in [6.07, 6.45) is 50.9. The molecule has 0 aromatic carbocycles. The number of rotatable bonds is 41. The highest BCUT2D eigenvalue weighted by Gasteiger charge is 2.44. The Morgan fingerprint density at radius 2 is 1.00 bits per heavy atom. The van der Waals surface area contributed by atoms with Gasteiger partial charge >= 0.3 is 0 Å². The van der Waals surface area contributed by atoms with E-state index in [1.807, 2.05) is 6.08 Å². The molecule has 1 aliphatic rings. The van der Waals surface area contributed by atoms with E-state index in [1.54, 1.807) is 6.08 Å². The first kappa shape index (κ1) is 57.6. The second-order valence-corrected chi connectivity index (χ2v) is 17.2. The molecule has 0 radical (unpaired) electrons. The number of unbranched alkanes of at least 4 members (excludes halogenated alkanes) is 21. The molecule has 358 valence electrons. The van der Waals surface area contributed by atoms with Gasteiger partial charge in [-0.2, -0.15) is 0 Å². The Morgan fingerprint density at radius 3 is 1.48 bits per heavy atom. The third kappa shape index (κ3) is 32.3. The standard InChI is InChI=1S/C53H93NO8/c1-3-5-7-9-11-13-15-17-18-19-20-21-22-23-24-25-26-27-28-29-30-31-33-35-37-39-41-43-49(57)54-46(45-61-53-52(60)51(59)50(58)48(44-55)62-53)47(56)42-40-38-36-34-32-16-14-12-10-8-6-4-2/h5,7,11,13,17-18,20-21,23-24,40,42,46-48,50-53,55-56,58-60H,3-4,6,8-10,12,14-16,19,22,25-39,41,43-45H2,1-2H3,(H,54,57)/b7-5-,13-11-,18-17-,21-20-,24-23-,42-40+. The van der Waals surface area contributed by atoms with Gasteiger partial charge in [-0.25, -0.2) is 0 Å². The van der Waals surface area contributed by atoms with Crippen LogP contribution in [-0.4, -0.2) is 87.5 Å². The summed E-state index contributed by atoms with van der Waals surface area (Å²) in [6.45, 7) is 3.64. The maximum atomic E-state index is 13.0. The molecule has 1 amide bonds. The Balaban J connectivity index is 2.24. The van der Waals surface area contributed by atoms with Crippen LogP contribution in [0.4, 0.5) is 0 Å². The van der Waals surface area contributed by atoms with Gasteiger partial charge in [0.15, 0.2) is 6.29 Å². The normalized spacial score (nSPS) is 20.9. The van der Waals surface area contributed by atoms with Gasteiger partial charge in [0.2, 0.25) is 5.91 Å². The van der Waals surface area contributed by atoms with Gasteiger partial charge in [-0.3, -0.25) is 4.79 Å². The Bertz CT molecular complexity index is 1200. The molecule has 1 saturated heterocycles. The monoisotopic (exact) mass is 872 g/mol. The van der Waals surface area contributed by atoms with E-state index in [4.69, 9.17) is 9.47 Å². The van der Waals surface area contributed by atoms with Crippen molar-refractivity contribution in [3.05, 3.63) is 72.9 Å². The molecule has 9 nitrogen and oxygen atoms in total. The molecule has 1 heterocycles. The maximum absolute atomic E-state index is 13.0. The first-order chi connectivity index (χ1) is 30.3. The molecule has 0 spiro atoms. The molecule has 7 atom stereocenters. The van der Waals surface area contributed by atoms with Gasteiger partial charge in [-0.1, -0.05) is 202 Å². The average molecular weight is 872 g/mol. The van der Waals surface area contributed by atoms with E-state index in [-0.39, 0.29) is 12.5 Å². The summed E-state index contributed by atoms with van der Waals surface area (Å²) in [4.78, 5) is 13.0. The van der Waals surface area contributed by atoms with Crippen LogP contribution in [0.2, 0.25) is 0 Å². The summed E-state index contributed by atoms with van der Waals surface area (Å²) in [5, 5.41) is 54.2. The summed E-state index contributed by atoms with van der Waals surface area (Å²) in [5.74, 6) is -0.184. The van der Waals surface area contributed by atoms with Crippen molar-refractivity contribution in [3.8, 4) is 0 Å². The smallest absolute Gasteiger partial charge is 0.220 e. The lowest BCUT2D eigenvalue weighted by Crippen LogP contribution is -2.60. The van der Waals surface area contributed by atoms with E-state index < -0.39 is 49.5 Å². The van der Waals surface area contributed by atoms with E-state index >= 15 is 0 Å². The zero-order chi connectivity index (χ0) is 45.1. The second kappa shape index (κ2) is 42.6. The highest BCUT2D eigenvalue weighted by molar-refractivity contribution is 5.76. The highest BCUT2D eigenvalue weighted by atomic mass is 16.7. The van der Waals surface area contributed by atoms with E-state index in [9.17, 15) is 30.3 Å². The summed E-state index contributed by atoms with van der Waals surface area (Å²) >= 11 is 0. The lowest BCUT2D eigenvalue weighted by atomic mass is 9.99. The largest absolute Gasteiger partial charge is 0.394 e. The topological polar surface area (TPSA) is 149 Å². The number of carbonyl (C=O) groups excluding carboxylic acids is 1. The molecule has 0 bridgehead atoms. The fourth-order valence-electron chi connectivity index (χ4n) is 7.53. The van der Waals surface area contributed by atoms with Crippen molar-refractivity contribution in [1.82, 2.24) is 5.32 Å². The molecule has 9 heteroatoms. The lowest BCUT2D eigenvalue weighted by Gasteiger charge is -2.40. The molecule has 62 heavy (non-hydrogen) atoms. The van der Waals surface area contributed by atoms with Crippen LogP contribution >= 0.6 is 0 Å². The average Bonchev–Trinajstić information content (AvgIpc) is 3.27. The molecule has 1 aliphatic heterocycles. The van der Waals surface area contributed by atoms with Crippen LogP contribution in [-0.2, 0) is 14.3 Å².